The number of carbonyl (C=O) groups excluding carboxylic acids is 1. The molecule has 0 spiro atoms. The van der Waals surface area contributed by atoms with Crippen molar-refractivity contribution in [2.45, 2.75) is 24.9 Å². The molecule has 2 aliphatic rings. The van der Waals surface area contributed by atoms with Crippen LogP contribution in [0.1, 0.15) is 12.8 Å². The van der Waals surface area contributed by atoms with Gasteiger partial charge in [0.05, 0.1) is 12.5 Å². The van der Waals surface area contributed by atoms with E-state index in [2.05, 4.69) is 19.9 Å². The predicted octanol–water partition coefficient (Wildman–Crippen LogP) is 4.57. The highest BCUT2D eigenvalue weighted by Gasteiger charge is 2.31. The van der Waals surface area contributed by atoms with E-state index in [0.717, 1.165) is 19.0 Å². The van der Waals surface area contributed by atoms with E-state index in [9.17, 15) is 13.6 Å². The number of benzene rings is 2. The van der Waals surface area contributed by atoms with Crippen molar-refractivity contribution in [1.82, 2.24) is 24.8 Å². The first-order chi connectivity index (χ1) is 19.8. The van der Waals surface area contributed by atoms with Crippen LogP contribution in [0.25, 0.3) is 32.9 Å². The number of hydrogen-bond acceptors (Lipinski definition) is 7. The fourth-order valence-corrected chi connectivity index (χ4v) is 5.59. The minimum absolute atomic E-state index is 0.0394. The summed E-state index contributed by atoms with van der Waals surface area (Å²) in [6.45, 7) is 2.09. The molecule has 6 rings (SSSR count). The number of likely N-dealkylation sites (tertiary alicyclic amines) is 2. The monoisotopic (exact) mass is 562 g/mol. The van der Waals surface area contributed by atoms with Gasteiger partial charge in [0.2, 0.25) is 5.91 Å². The molecule has 4 aromatic rings. The normalized spacial score (nSPS) is 19.3. The number of nitrogens with zero attached hydrogens (tertiary/aromatic N) is 6. The van der Waals surface area contributed by atoms with Crippen LogP contribution in [0.4, 0.5) is 19.0 Å². The van der Waals surface area contributed by atoms with Crippen LogP contribution in [-0.2, 0) is 4.79 Å². The van der Waals surface area contributed by atoms with Crippen molar-refractivity contribution in [3.8, 4) is 17.3 Å². The van der Waals surface area contributed by atoms with E-state index < -0.39 is 17.5 Å². The number of methoxy groups -OCH3 is 1. The van der Waals surface area contributed by atoms with Gasteiger partial charge in [0.15, 0.2) is 17.5 Å². The summed E-state index contributed by atoms with van der Waals surface area (Å²) in [5, 5.41) is 0.683. The predicted molar refractivity (Wildman–Crippen MR) is 150 cm³/mol. The second kappa shape index (κ2) is 10.6. The lowest BCUT2D eigenvalue weighted by molar-refractivity contribution is -0.125. The second-order valence-electron chi connectivity index (χ2n) is 10.5. The zero-order valence-electron chi connectivity index (χ0n) is 22.9. The summed E-state index contributed by atoms with van der Waals surface area (Å²) in [7, 11) is 5.24. The molecule has 11 heteroatoms. The number of likely N-dealkylation sites (N-methyl/N-ethyl adjacent to an activating group) is 2. The summed E-state index contributed by atoms with van der Waals surface area (Å²) in [5.41, 5.74) is -0.114. The summed E-state index contributed by atoms with van der Waals surface area (Å²) in [6.07, 6.45) is 6.78. The lowest BCUT2D eigenvalue weighted by Gasteiger charge is -2.35. The van der Waals surface area contributed by atoms with E-state index in [0.29, 0.717) is 42.1 Å². The minimum atomic E-state index is -1.07. The molecule has 0 saturated carbocycles. The molecule has 212 valence electrons. The number of rotatable bonds is 6. The Bertz CT molecular complexity index is 1700. The number of carbonyl (C=O) groups is 1. The highest BCUT2D eigenvalue weighted by molar-refractivity contribution is 5.99. The molecular weight excluding hydrogens is 533 g/mol. The van der Waals surface area contributed by atoms with Gasteiger partial charge in [-0.2, -0.15) is 9.97 Å². The van der Waals surface area contributed by atoms with E-state index >= 15 is 4.39 Å². The van der Waals surface area contributed by atoms with E-state index in [-0.39, 0.29) is 40.1 Å². The summed E-state index contributed by atoms with van der Waals surface area (Å²) in [5.74, 6) is -2.55. The number of fused-ring (bicyclic) bond motifs is 2. The number of aromatic nitrogens is 3. The molecule has 2 unspecified atom stereocenters. The fraction of sp³-hybridized carbons (Fsp3) is 0.333. The van der Waals surface area contributed by atoms with Crippen LogP contribution in [0.5, 0.6) is 6.01 Å². The minimum Gasteiger partial charge on any atom is -0.467 e. The summed E-state index contributed by atoms with van der Waals surface area (Å²) < 4.78 is 50.4. The van der Waals surface area contributed by atoms with Crippen molar-refractivity contribution in [3.05, 3.63) is 66.1 Å². The van der Waals surface area contributed by atoms with Crippen LogP contribution in [0, 0.1) is 17.5 Å². The first-order valence-corrected chi connectivity index (χ1v) is 13.4. The van der Waals surface area contributed by atoms with Gasteiger partial charge in [-0.3, -0.25) is 14.7 Å². The molecule has 2 fully saturated rings. The topological polar surface area (TPSA) is 74.7 Å². The quantitative estimate of drug-likeness (QED) is 0.319. The van der Waals surface area contributed by atoms with Gasteiger partial charge in [0, 0.05) is 62.0 Å². The number of halogens is 3. The number of amides is 1. The highest BCUT2D eigenvalue weighted by atomic mass is 19.2. The average Bonchev–Trinajstić information content (AvgIpc) is 3.48. The molecule has 0 N–H and O–H groups in total. The van der Waals surface area contributed by atoms with E-state index in [1.54, 1.807) is 23.1 Å². The van der Waals surface area contributed by atoms with Crippen LogP contribution in [0.2, 0.25) is 0 Å². The summed E-state index contributed by atoms with van der Waals surface area (Å²) in [6, 6.07) is 7.39. The van der Waals surface area contributed by atoms with Crippen LogP contribution in [0.3, 0.4) is 0 Å². The Hall–Kier alpha value is -4.25. The molecule has 2 aromatic carbocycles. The number of pyridine rings is 1. The zero-order valence-corrected chi connectivity index (χ0v) is 22.9. The van der Waals surface area contributed by atoms with E-state index in [1.807, 2.05) is 25.1 Å². The first-order valence-electron chi connectivity index (χ1n) is 13.4. The van der Waals surface area contributed by atoms with Gasteiger partial charge in [-0.05, 0) is 31.3 Å². The average molecular weight is 563 g/mol. The lowest BCUT2D eigenvalue weighted by Crippen LogP contribution is -2.43. The van der Waals surface area contributed by atoms with Gasteiger partial charge in [0.25, 0.3) is 0 Å². The number of ether oxygens (including phenoxy) is 1. The maximum atomic E-state index is 16.1. The number of anilines is 1. The maximum absolute atomic E-state index is 16.1. The van der Waals surface area contributed by atoms with Gasteiger partial charge in [-0.25, -0.2) is 13.2 Å². The van der Waals surface area contributed by atoms with Gasteiger partial charge in [0.1, 0.15) is 17.0 Å². The van der Waals surface area contributed by atoms with Crippen molar-refractivity contribution in [1.29, 1.82) is 0 Å². The largest absolute Gasteiger partial charge is 0.467 e. The Balaban J connectivity index is 1.34. The van der Waals surface area contributed by atoms with Crippen LogP contribution in [-0.4, -0.2) is 83.6 Å². The zero-order chi connectivity index (χ0) is 28.8. The Kier molecular flexibility index (Phi) is 6.98. The molecule has 4 heterocycles. The molecule has 2 aromatic heterocycles. The second-order valence-corrected chi connectivity index (χ2v) is 10.5. The van der Waals surface area contributed by atoms with Crippen molar-refractivity contribution >= 4 is 33.4 Å². The van der Waals surface area contributed by atoms with Crippen molar-refractivity contribution in [2.24, 2.45) is 0 Å². The van der Waals surface area contributed by atoms with E-state index in [4.69, 9.17) is 4.74 Å². The molecule has 2 atom stereocenters. The third kappa shape index (κ3) is 4.73. The molecule has 41 heavy (non-hydrogen) atoms. The Morgan fingerprint density at radius 3 is 2.66 bits per heavy atom. The standard InChI is InChI=1S/C30H29F3N6O2/c1-37-13-11-18(37)8-10-23(40)39-14-12-19(16-39)38(2)29-21-15-34-27(26(33)28(21)35-30(36-29)41-3)20-6-4-5-17-7-9-22(31)25(32)24(17)20/h4-10,15,18-19H,11-14,16H2,1-3H3/b10-8+. The highest BCUT2D eigenvalue weighted by Crippen LogP contribution is 2.36. The Morgan fingerprint density at radius 1 is 1.10 bits per heavy atom. The van der Waals surface area contributed by atoms with Crippen molar-refractivity contribution in [3.63, 3.8) is 0 Å². The molecule has 1 amide bonds. The van der Waals surface area contributed by atoms with Crippen LogP contribution < -0.4 is 9.64 Å². The fourth-order valence-electron chi connectivity index (χ4n) is 5.59. The SMILES string of the molecule is COc1nc(N(C)C2CCN(C(=O)/C=C/C3CCN3C)C2)c2cnc(-c3cccc4ccc(F)c(F)c34)c(F)c2n1. The molecule has 0 aliphatic carbocycles. The maximum Gasteiger partial charge on any atom is 0.318 e. The molecule has 8 nitrogen and oxygen atoms in total. The Labute approximate surface area is 235 Å². The Morgan fingerprint density at radius 2 is 1.93 bits per heavy atom. The third-order valence-corrected chi connectivity index (χ3v) is 8.18. The third-order valence-electron chi connectivity index (χ3n) is 8.18. The van der Waals surface area contributed by atoms with Gasteiger partial charge >= 0.3 is 6.01 Å². The molecule has 0 radical (unpaired) electrons. The molecule has 0 bridgehead atoms. The summed E-state index contributed by atoms with van der Waals surface area (Å²) >= 11 is 0. The smallest absolute Gasteiger partial charge is 0.318 e. The van der Waals surface area contributed by atoms with Crippen LogP contribution >= 0.6 is 0 Å². The van der Waals surface area contributed by atoms with Gasteiger partial charge in [-0.15, -0.1) is 0 Å². The van der Waals surface area contributed by atoms with Crippen LogP contribution in [0.15, 0.2) is 48.7 Å². The molecular formula is C30H29F3N6O2. The van der Waals surface area contributed by atoms with E-state index in [1.165, 1.54) is 25.4 Å². The number of hydrogen-bond donors (Lipinski definition) is 0. The van der Waals surface area contributed by atoms with Crippen molar-refractivity contribution in [2.75, 3.05) is 45.7 Å². The molecule has 2 aliphatic heterocycles. The van der Waals surface area contributed by atoms with Crippen molar-refractivity contribution < 1.29 is 22.7 Å². The van der Waals surface area contributed by atoms with Gasteiger partial charge in [-0.1, -0.05) is 30.3 Å². The lowest BCUT2D eigenvalue weighted by atomic mass is 10.00. The molecule has 2 saturated heterocycles. The first kappa shape index (κ1) is 26.9. The van der Waals surface area contributed by atoms with Gasteiger partial charge < -0.3 is 14.5 Å². The summed E-state index contributed by atoms with van der Waals surface area (Å²) in [4.78, 5) is 31.8.